The first-order valence-corrected chi connectivity index (χ1v) is 7.42. The summed E-state index contributed by atoms with van der Waals surface area (Å²) in [4.78, 5) is 1.84. The minimum Gasteiger partial charge on any atom is -0.409 e. The maximum absolute atomic E-state index is 12.8. The summed E-state index contributed by atoms with van der Waals surface area (Å²) in [5.41, 5.74) is 6.26. The summed E-state index contributed by atoms with van der Waals surface area (Å²) < 4.78 is 38.4. The van der Waals surface area contributed by atoms with Crippen molar-refractivity contribution >= 4 is 23.3 Å². The van der Waals surface area contributed by atoms with Crippen LogP contribution in [-0.2, 0) is 0 Å². The molecule has 0 bridgehead atoms. The van der Waals surface area contributed by atoms with E-state index in [1.807, 2.05) is 0 Å². The van der Waals surface area contributed by atoms with Crippen LogP contribution in [0.5, 0.6) is 0 Å². The number of anilines is 1. The van der Waals surface area contributed by atoms with E-state index in [-0.39, 0.29) is 5.84 Å². The fraction of sp³-hybridized carbons (Fsp3) is 0.462. The van der Waals surface area contributed by atoms with E-state index in [9.17, 15) is 13.2 Å². The Morgan fingerprint density at radius 1 is 1.43 bits per heavy atom. The third kappa shape index (κ3) is 4.45. The summed E-state index contributed by atoms with van der Waals surface area (Å²) in [5, 5.41) is 11.8. The van der Waals surface area contributed by atoms with Gasteiger partial charge < -0.3 is 15.8 Å². The smallest absolute Gasteiger partial charge is 0.405 e. The maximum atomic E-state index is 12.8. The van der Waals surface area contributed by atoms with Gasteiger partial charge in [-0.05, 0) is 32.2 Å². The van der Waals surface area contributed by atoms with Gasteiger partial charge in [0, 0.05) is 16.6 Å². The van der Waals surface area contributed by atoms with Crippen molar-refractivity contribution in [1.82, 2.24) is 0 Å². The van der Waals surface area contributed by atoms with Crippen molar-refractivity contribution in [3.63, 3.8) is 0 Å². The number of hydrogen-bond donors (Lipinski definition) is 2. The SMILES string of the molecule is CSc1cccc(N(CC(F)(F)F)C(C)C)c1/C(N)=N/O. The second-order valence-electron chi connectivity index (χ2n) is 4.68. The highest BCUT2D eigenvalue weighted by atomic mass is 32.2. The molecule has 1 aromatic carbocycles. The zero-order valence-corrected chi connectivity index (χ0v) is 12.8. The molecule has 0 saturated heterocycles. The highest BCUT2D eigenvalue weighted by molar-refractivity contribution is 7.98. The zero-order valence-electron chi connectivity index (χ0n) is 12.0. The van der Waals surface area contributed by atoms with Crippen LogP contribution in [0.2, 0.25) is 0 Å². The van der Waals surface area contributed by atoms with Gasteiger partial charge >= 0.3 is 6.18 Å². The molecule has 0 atom stereocenters. The lowest BCUT2D eigenvalue weighted by atomic mass is 10.1. The van der Waals surface area contributed by atoms with Crippen molar-refractivity contribution in [2.24, 2.45) is 10.9 Å². The van der Waals surface area contributed by atoms with Crippen molar-refractivity contribution in [3.8, 4) is 0 Å². The first kappa shape index (κ1) is 17.5. The molecule has 0 radical (unpaired) electrons. The molecule has 0 fully saturated rings. The van der Waals surface area contributed by atoms with Gasteiger partial charge in [0.1, 0.15) is 6.54 Å². The van der Waals surface area contributed by atoms with Gasteiger partial charge in [0.25, 0.3) is 0 Å². The largest absolute Gasteiger partial charge is 0.409 e. The van der Waals surface area contributed by atoms with Gasteiger partial charge in [0.05, 0.1) is 5.56 Å². The van der Waals surface area contributed by atoms with Crippen molar-refractivity contribution in [2.75, 3.05) is 17.7 Å². The summed E-state index contributed by atoms with van der Waals surface area (Å²) in [5.74, 6) is -0.206. The van der Waals surface area contributed by atoms with Crippen LogP contribution < -0.4 is 10.6 Å². The monoisotopic (exact) mass is 321 g/mol. The van der Waals surface area contributed by atoms with Crippen LogP contribution in [0.3, 0.4) is 0 Å². The van der Waals surface area contributed by atoms with Crippen LogP contribution in [0.25, 0.3) is 0 Å². The van der Waals surface area contributed by atoms with Gasteiger partial charge in [-0.3, -0.25) is 0 Å². The number of thioether (sulfide) groups is 1. The van der Waals surface area contributed by atoms with Crippen molar-refractivity contribution < 1.29 is 18.4 Å². The lowest BCUT2D eigenvalue weighted by Crippen LogP contribution is -2.40. The Labute approximate surface area is 125 Å². The Balaban J connectivity index is 3.44. The molecule has 8 heteroatoms. The van der Waals surface area contributed by atoms with Crippen LogP contribution in [0, 0.1) is 0 Å². The number of halogens is 3. The Hall–Kier alpha value is -1.57. The van der Waals surface area contributed by atoms with E-state index in [4.69, 9.17) is 10.9 Å². The molecular formula is C13H18F3N3OS. The molecule has 0 aromatic heterocycles. The molecule has 1 aromatic rings. The predicted molar refractivity (Wildman–Crippen MR) is 79.3 cm³/mol. The van der Waals surface area contributed by atoms with E-state index in [0.717, 1.165) is 0 Å². The second-order valence-corrected chi connectivity index (χ2v) is 5.52. The summed E-state index contributed by atoms with van der Waals surface area (Å²) in [6, 6.07) is 4.52. The highest BCUT2D eigenvalue weighted by Crippen LogP contribution is 2.32. The number of hydrogen-bond acceptors (Lipinski definition) is 4. The standard InChI is InChI=1S/C13H18F3N3OS/c1-8(2)19(7-13(14,15)16)9-5-4-6-10(21-3)11(9)12(17)18-20/h4-6,8,20H,7H2,1-3H3,(H2,17,18). The van der Waals surface area contributed by atoms with Gasteiger partial charge in [-0.15, -0.1) is 11.8 Å². The molecule has 0 aliphatic carbocycles. The van der Waals surface area contributed by atoms with Gasteiger partial charge in [-0.25, -0.2) is 0 Å². The van der Waals surface area contributed by atoms with E-state index in [1.54, 1.807) is 38.3 Å². The van der Waals surface area contributed by atoms with Crippen LogP contribution >= 0.6 is 11.8 Å². The summed E-state index contributed by atoms with van der Waals surface area (Å²) >= 11 is 1.32. The molecule has 0 spiro atoms. The number of nitrogens with zero attached hydrogens (tertiary/aromatic N) is 2. The molecule has 118 valence electrons. The number of amidine groups is 1. The van der Waals surface area contributed by atoms with E-state index < -0.39 is 18.8 Å². The Kier molecular flexibility index (Phi) is 5.77. The summed E-state index contributed by atoms with van der Waals surface area (Å²) in [6.45, 7) is 2.22. The van der Waals surface area contributed by atoms with Gasteiger partial charge in [0.15, 0.2) is 5.84 Å². The normalized spacial score (nSPS) is 12.8. The number of benzene rings is 1. The fourth-order valence-corrected chi connectivity index (χ4v) is 2.60. The van der Waals surface area contributed by atoms with Gasteiger partial charge in [-0.1, -0.05) is 11.2 Å². The highest BCUT2D eigenvalue weighted by Gasteiger charge is 2.33. The fourth-order valence-electron chi connectivity index (χ4n) is 1.98. The van der Waals surface area contributed by atoms with Gasteiger partial charge in [0.2, 0.25) is 0 Å². The van der Waals surface area contributed by atoms with Crippen molar-refractivity contribution in [3.05, 3.63) is 23.8 Å². The number of nitrogens with two attached hydrogens (primary N) is 1. The minimum absolute atomic E-state index is 0.206. The molecule has 4 nitrogen and oxygen atoms in total. The van der Waals surface area contributed by atoms with Crippen LogP contribution in [0.1, 0.15) is 19.4 Å². The van der Waals surface area contributed by atoms with E-state index in [1.165, 1.54) is 16.7 Å². The lowest BCUT2D eigenvalue weighted by Gasteiger charge is -2.32. The summed E-state index contributed by atoms with van der Waals surface area (Å²) in [6.07, 6.45) is -2.57. The van der Waals surface area contributed by atoms with E-state index in [0.29, 0.717) is 16.1 Å². The third-order valence-electron chi connectivity index (χ3n) is 2.87. The van der Waals surface area contributed by atoms with E-state index >= 15 is 0 Å². The topological polar surface area (TPSA) is 61.8 Å². The Morgan fingerprint density at radius 2 is 2.05 bits per heavy atom. The molecule has 3 N–H and O–H groups in total. The molecule has 0 unspecified atom stereocenters. The van der Waals surface area contributed by atoms with Crippen LogP contribution in [0.4, 0.5) is 18.9 Å². The third-order valence-corrected chi connectivity index (χ3v) is 3.65. The quantitative estimate of drug-likeness (QED) is 0.287. The first-order valence-electron chi connectivity index (χ1n) is 6.19. The molecule has 21 heavy (non-hydrogen) atoms. The summed E-state index contributed by atoms with van der Waals surface area (Å²) in [7, 11) is 0. The van der Waals surface area contributed by atoms with Crippen molar-refractivity contribution in [2.45, 2.75) is 31.0 Å². The molecule has 0 heterocycles. The molecular weight excluding hydrogens is 303 g/mol. The molecule has 0 amide bonds. The average Bonchev–Trinajstić information content (AvgIpc) is 2.41. The van der Waals surface area contributed by atoms with E-state index in [2.05, 4.69) is 5.16 Å². The number of rotatable bonds is 5. The first-order chi connectivity index (χ1) is 9.71. The zero-order chi connectivity index (χ0) is 16.2. The second kappa shape index (κ2) is 6.93. The van der Waals surface area contributed by atoms with Crippen LogP contribution in [0.15, 0.2) is 28.3 Å². The molecule has 1 rings (SSSR count). The lowest BCUT2D eigenvalue weighted by molar-refractivity contribution is -0.120. The Bertz CT molecular complexity index is 518. The molecule has 0 aliphatic rings. The molecule has 0 aliphatic heterocycles. The van der Waals surface area contributed by atoms with Crippen molar-refractivity contribution in [1.29, 1.82) is 0 Å². The minimum atomic E-state index is -4.35. The van der Waals surface area contributed by atoms with Gasteiger partial charge in [-0.2, -0.15) is 13.2 Å². The number of alkyl halides is 3. The Morgan fingerprint density at radius 3 is 2.48 bits per heavy atom. The average molecular weight is 321 g/mol. The van der Waals surface area contributed by atoms with Crippen LogP contribution in [-0.4, -0.2) is 36.1 Å². The predicted octanol–water partition coefficient (Wildman–Crippen LogP) is 3.28. The molecule has 0 saturated carbocycles. The number of oxime groups is 1. The maximum Gasteiger partial charge on any atom is 0.405 e.